The van der Waals surface area contributed by atoms with E-state index in [1.165, 1.54) is 12.1 Å². The van der Waals surface area contributed by atoms with Gasteiger partial charge in [0.25, 0.3) is 0 Å². The fraction of sp³-hybridized carbons (Fsp3) is 0.273. The summed E-state index contributed by atoms with van der Waals surface area (Å²) in [6.07, 6.45) is -0.713. The van der Waals surface area contributed by atoms with Crippen LogP contribution in [0, 0.1) is 5.82 Å². The third-order valence-electron chi connectivity index (χ3n) is 1.92. The van der Waals surface area contributed by atoms with Crippen LogP contribution in [0.2, 0.25) is 0 Å². The van der Waals surface area contributed by atoms with Crippen molar-refractivity contribution in [3.63, 3.8) is 0 Å². The summed E-state index contributed by atoms with van der Waals surface area (Å²) in [7, 11) is 0. The maximum atomic E-state index is 13.4. The minimum absolute atomic E-state index is 0.00992. The minimum Gasteiger partial charge on any atom is -0.485 e. The smallest absolute Gasteiger partial charge is 0.165 e. The van der Waals surface area contributed by atoms with Crippen LogP contribution in [-0.2, 0) is 0 Å². The molecular weight excluding hydrogens is 254 g/mol. The molecule has 0 aliphatic carbocycles. The number of ether oxygens (including phenoxy) is 1. The minimum atomic E-state index is -0.713. The van der Waals surface area contributed by atoms with Crippen molar-refractivity contribution in [2.45, 2.75) is 13.0 Å². The molecule has 0 bridgehead atoms. The fourth-order valence-electron chi connectivity index (χ4n) is 1.07. The number of halogens is 3. The number of aliphatic hydroxyl groups is 1. The number of hydrogen-bond donors (Lipinski definition) is 1. The topological polar surface area (TPSA) is 29.5 Å². The van der Waals surface area contributed by atoms with E-state index in [1.807, 2.05) is 0 Å². The van der Waals surface area contributed by atoms with E-state index in [4.69, 9.17) is 27.9 Å². The molecular formula is C11H11Cl2FO2. The second kappa shape index (κ2) is 6.09. The summed E-state index contributed by atoms with van der Waals surface area (Å²) in [4.78, 5) is 0. The molecule has 1 N–H and O–H groups in total. The summed E-state index contributed by atoms with van der Waals surface area (Å²) < 4.78 is 18.5. The van der Waals surface area contributed by atoms with Gasteiger partial charge < -0.3 is 9.84 Å². The normalized spacial score (nSPS) is 13.7. The van der Waals surface area contributed by atoms with Crippen molar-refractivity contribution in [3.8, 4) is 5.75 Å². The zero-order valence-electron chi connectivity index (χ0n) is 8.58. The maximum absolute atomic E-state index is 13.4. The zero-order valence-corrected chi connectivity index (χ0v) is 10.1. The summed E-state index contributed by atoms with van der Waals surface area (Å²) in [5, 5.41) is 9.52. The van der Waals surface area contributed by atoms with Gasteiger partial charge in [-0.1, -0.05) is 29.3 Å². The Morgan fingerprint density at radius 1 is 1.62 bits per heavy atom. The van der Waals surface area contributed by atoms with Crippen LogP contribution < -0.4 is 4.74 Å². The first kappa shape index (κ1) is 13.3. The third kappa shape index (κ3) is 3.67. The second-order valence-electron chi connectivity index (χ2n) is 3.21. The molecule has 16 heavy (non-hydrogen) atoms. The molecule has 0 aromatic heterocycles. The highest BCUT2D eigenvalue weighted by atomic mass is 35.5. The van der Waals surface area contributed by atoms with Crippen molar-refractivity contribution in [1.29, 1.82) is 0 Å². The summed E-state index contributed by atoms with van der Waals surface area (Å²) >= 11 is 10.9. The van der Waals surface area contributed by atoms with Crippen molar-refractivity contribution < 1.29 is 14.2 Å². The summed E-state index contributed by atoms with van der Waals surface area (Å²) in [5.74, 6) is -0.474. The van der Waals surface area contributed by atoms with E-state index >= 15 is 0 Å². The monoisotopic (exact) mass is 264 g/mol. The Balaban J connectivity index is 2.75. The van der Waals surface area contributed by atoms with E-state index < -0.39 is 11.9 Å². The van der Waals surface area contributed by atoms with Crippen LogP contribution in [0.1, 0.15) is 18.6 Å². The molecule has 0 aliphatic heterocycles. The Labute approximate surface area is 103 Å². The van der Waals surface area contributed by atoms with Gasteiger partial charge in [-0.25, -0.2) is 4.39 Å². The van der Waals surface area contributed by atoms with Gasteiger partial charge in [0.05, 0.1) is 11.1 Å². The molecule has 2 nitrogen and oxygen atoms in total. The summed E-state index contributed by atoms with van der Waals surface area (Å²) in [6.45, 7) is 1.57. The van der Waals surface area contributed by atoms with Gasteiger partial charge in [0.1, 0.15) is 6.61 Å². The van der Waals surface area contributed by atoms with Crippen LogP contribution in [0.25, 0.3) is 0 Å². The van der Waals surface area contributed by atoms with Gasteiger partial charge in [-0.05, 0) is 24.6 Å². The summed E-state index contributed by atoms with van der Waals surface area (Å²) in [6, 6.07) is 4.25. The highest BCUT2D eigenvalue weighted by molar-refractivity contribution is 6.36. The maximum Gasteiger partial charge on any atom is 0.165 e. The molecule has 0 unspecified atom stereocenters. The first-order valence-corrected chi connectivity index (χ1v) is 5.41. The molecule has 0 radical (unpaired) electrons. The molecule has 0 fully saturated rings. The Morgan fingerprint density at radius 3 is 2.81 bits per heavy atom. The molecule has 1 atom stereocenters. The van der Waals surface area contributed by atoms with Gasteiger partial charge >= 0.3 is 0 Å². The van der Waals surface area contributed by atoms with E-state index in [0.29, 0.717) is 5.56 Å². The molecule has 0 spiro atoms. The van der Waals surface area contributed by atoms with Gasteiger partial charge in [-0.3, -0.25) is 0 Å². The first-order valence-electron chi connectivity index (χ1n) is 4.59. The lowest BCUT2D eigenvalue weighted by Gasteiger charge is -2.09. The van der Waals surface area contributed by atoms with Gasteiger partial charge in [-0.15, -0.1) is 0 Å². The highest BCUT2D eigenvalue weighted by Crippen LogP contribution is 2.22. The van der Waals surface area contributed by atoms with Crippen molar-refractivity contribution in [3.05, 3.63) is 40.1 Å². The quantitative estimate of drug-likeness (QED) is 0.901. The Hall–Kier alpha value is -0.770. The van der Waals surface area contributed by atoms with Crippen LogP contribution in [0.5, 0.6) is 5.75 Å². The van der Waals surface area contributed by atoms with E-state index in [-0.39, 0.29) is 17.4 Å². The van der Waals surface area contributed by atoms with Gasteiger partial charge in [0.2, 0.25) is 0 Å². The average molecular weight is 265 g/mol. The van der Waals surface area contributed by atoms with Crippen LogP contribution in [-0.4, -0.2) is 11.7 Å². The van der Waals surface area contributed by atoms with Crippen LogP contribution in [0.15, 0.2) is 28.8 Å². The zero-order chi connectivity index (χ0) is 12.1. The van der Waals surface area contributed by atoms with Crippen LogP contribution in [0.4, 0.5) is 4.39 Å². The Kier molecular flexibility index (Phi) is 5.06. The number of benzene rings is 1. The Bertz CT molecular complexity index is 392. The number of hydrogen-bond acceptors (Lipinski definition) is 2. The van der Waals surface area contributed by atoms with Crippen LogP contribution in [0.3, 0.4) is 0 Å². The molecule has 0 saturated carbocycles. The predicted molar refractivity (Wildman–Crippen MR) is 62.3 cm³/mol. The molecule has 0 aliphatic rings. The lowest BCUT2D eigenvalue weighted by molar-refractivity contribution is 0.198. The SMILES string of the molecule is C[C@H](O)c1ccc(OC/C(Cl)=C/Cl)c(F)c1. The standard InChI is InChI=1S/C11H11Cl2FO2/c1-7(15)8-2-3-11(10(14)4-8)16-6-9(13)5-12/h2-5,7,15H,6H2,1H3/b9-5-/t7-/m0/s1. The molecule has 1 aromatic carbocycles. The highest BCUT2D eigenvalue weighted by Gasteiger charge is 2.08. The van der Waals surface area contributed by atoms with Crippen molar-refractivity contribution in [2.24, 2.45) is 0 Å². The van der Waals surface area contributed by atoms with E-state index in [2.05, 4.69) is 0 Å². The average Bonchev–Trinajstić information content (AvgIpc) is 2.26. The summed E-state index contributed by atoms with van der Waals surface area (Å²) in [5.41, 5.74) is 1.65. The van der Waals surface area contributed by atoms with Gasteiger partial charge in [-0.2, -0.15) is 0 Å². The number of aliphatic hydroxyl groups excluding tert-OH is 1. The second-order valence-corrected chi connectivity index (χ2v) is 3.91. The molecule has 5 heteroatoms. The molecule has 0 saturated heterocycles. The lowest BCUT2D eigenvalue weighted by atomic mass is 10.1. The lowest BCUT2D eigenvalue weighted by Crippen LogP contribution is -2.00. The van der Waals surface area contributed by atoms with Gasteiger partial charge in [0, 0.05) is 5.54 Å². The molecule has 0 heterocycles. The van der Waals surface area contributed by atoms with Gasteiger partial charge in [0.15, 0.2) is 11.6 Å². The van der Waals surface area contributed by atoms with E-state index in [1.54, 1.807) is 13.0 Å². The van der Waals surface area contributed by atoms with Crippen molar-refractivity contribution in [2.75, 3.05) is 6.61 Å². The van der Waals surface area contributed by atoms with Crippen molar-refractivity contribution in [1.82, 2.24) is 0 Å². The third-order valence-corrected chi connectivity index (χ3v) is 2.52. The largest absolute Gasteiger partial charge is 0.485 e. The van der Waals surface area contributed by atoms with E-state index in [0.717, 1.165) is 5.54 Å². The molecule has 0 amide bonds. The Morgan fingerprint density at radius 2 is 2.31 bits per heavy atom. The van der Waals surface area contributed by atoms with Crippen LogP contribution >= 0.6 is 23.2 Å². The fourth-order valence-corrected chi connectivity index (χ4v) is 1.19. The molecule has 1 rings (SSSR count). The van der Waals surface area contributed by atoms with E-state index in [9.17, 15) is 9.50 Å². The van der Waals surface area contributed by atoms with Crippen molar-refractivity contribution >= 4 is 23.2 Å². The first-order chi connectivity index (χ1) is 7.54. The molecule has 1 aromatic rings. The predicted octanol–water partition coefficient (Wildman–Crippen LogP) is 3.58. The number of rotatable bonds is 4. The molecule has 88 valence electrons.